The monoisotopic (exact) mass is 365 g/mol. The van der Waals surface area contributed by atoms with E-state index in [0.29, 0.717) is 15.6 Å². The molecule has 0 fully saturated rings. The number of carbonyl (C=O) groups excluding carboxylic acids is 2. The quantitative estimate of drug-likeness (QED) is 0.812. The Hall–Kier alpha value is -2.04. The van der Waals surface area contributed by atoms with Crippen molar-refractivity contribution >= 4 is 35.1 Å². The zero-order valence-corrected chi connectivity index (χ0v) is 14.9. The topological polar surface area (TPSA) is 55.4 Å². The van der Waals surface area contributed by atoms with Crippen LogP contribution in [0.2, 0.25) is 10.0 Å². The van der Waals surface area contributed by atoms with Gasteiger partial charge in [-0.25, -0.2) is 0 Å². The molecule has 126 valence electrons. The van der Waals surface area contributed by atoms with Crippen LogP contribution in [0.1, 0.15) is 27.0 Å². The van der Waals surface area contributed by atoms with E-state index in [1.165, 1.54) is 0 Å². The smallest absolute Gasteiger partial charge is 0.325 e. The van der Waals surface area contributed by atoms with Gasteiger partial charge in [0.25, 0.3) is 5.91 Å². The molecular weight excluding hydrogens is 349 g/mol. The van der Waals surface area contributed by atoms with Crippen LogP contribution in [0.4, 0.5) is 0 Å². The Morgan fingerprint density at radius 2 is 1.67 bits per heavy atom. The normalized spacial score (nSPS) is 10.3. The fourth-order valence-electron chi connectivity index (χ4n) is 2.20. The van der Waals surface area contributed by atoms with Gasteiger partial charge in [-0.05, 0) is 43.7 Å². The number of aryl methyl sites for hydroxylation is 2. The van der Waals surface area contributed by atoms with Crippen LogP contribution >= 0.6 is 23.2 Å². The first-order valence-corrected chi connectivity index (χ1v) is 8.07. The van der Waals surface area contributed by atoms with Crippen LogP contribution in [-0.4, -0.2) is 18.4 Å². The molecule has 0 saturated heterocycles. The van der Waals surface area contributed by atoms with Gasteiger partial charge in [-0.15, -0.1) is 0 Å². The van der Waals surface area contributed by atoms with Gasteiger partial charge in [0.05, 0.1) is 10.0 Å². The Kier molecular flexibility index (Phi) is 6.23. The van der Waals surface area contributed by atoms with Gasteiger partial charge < -0.3 is 10.1 Å². The van der Waals surface area contributed by atoms with Crippen molar-refractivity contribution in [2.24, 2.45) is 0 Å². The predicted molar refractivity (Wildman–Crippen MR) is 94.5 cm³/mol. The van der Waals surface area contributed by atoms with Crippen molar-refractivity contribution in [2.45, 2.75) is 20.5 Å². The zero-order valence-electron chi connectivity index (χ0n) is 13.4. The minimum Gasteiger partial charge on any atom is -0.460 e. The number of amides is 1. The summed E-state index contributed by atoms with van der Waals surface area (Å²) in [5.74, 6) is -0.841. The second-order valence-corrected chi connectivity index (χ2v) is 6.28. The highest BCUT2D eigenvalue weighted by Crippen LogP contribution is 2.22. The molecule has 24 heavy (non-hydrogen) atoms. The van der Waals surface area contributed by atoms with Gasteiger partial charge in [-0.1, -0.05) is 46.5 Å². The molecule has 0 aliphatic heterocycles. The summed E-state index contributed by atoms with van der Waals surface area (Å²) in [5.41, 5.74) is 3.22. The summed E-state index contributed by atoms with van der Waals surface area (Å²) >= 11 is 11.7. The maximum atomic E-state index is 12.1. The van der Waals surface area contributed by atoms with Crippen molar-refractivity contribution in [1.82, 2.24) is 5.32 Å². The van der Waals surface area contributed by atoms with E-state index in [-0.39, 0.29) is 19.1 Å². The summed E-state index contributed by atoms with van der Waals surface area (Å²) in [5, 5.41) is 3.38. The SMILES string of the molecule is Cc1cc(C)cc(C(=O)NCC(=O)OCc2ccc(Cl)c(Cl)c2)c1. The number of hydrogen-bond acceptors (Lipinski definition) is 3. The van der Waals surface area contributed by atoms with Crippen LogP contribution in [0, 0.1) is 13.8 Å². The van der Waals surface area contributed by atoms with Crippen LogP contribution in [0.3, 0.4) is 0 Å². The highest BCUT2D eigenvalue weighted by Gasteiger charge is 2.10. The first-order valence-electron chi connectivity index (χ1n) is 7.31. The van der Waals surface area contributed by atoms with Crippen molar-refractivity contribution in [3.63, 3.8) is 0 Å². The standard InChI is InChI=1S/C18H17Cl2NO3/c1-11-5-12(2)7-14(6-11)18(23)21-9-17(22)24-10-13-3-4-15(19)16(20)8-13/h3-8H,9-10H2,1-2H3,(H,21,23). The summed E-state index contributed by atoms with van der Waals surface area (Å²) in [4.78, 5) is 23.8. The van der Waals surface area contributed by atoms with Crippen LogP contribution < -0.4 is 5.32 Å². The highest BCUT2D eigenvalue weighted by atomic mass is 35.5. The lowest BCUT2D eigenvalue weighted by atomic mass is 10.1. The summed E-state index contributed by atoms with van der Waals surface area (Å²) in [6.07, 6.45) is 0. The minimum atomic E-state index is -0.529. The maximum absolute atomic E-state index is 12.1. The van der Waals surface area contributed by atoms with E-state index in [9.17, 15) is 9.59 Å². The van der Waals surface area contributed by atoms with Crippen molar-refractivity contribution in [1.29, 1.82) is 0 Å². The summed E-state index contributed by atoms with van der Waals surface area (Å²) in [6, 6.07) is 10.5. The van der Waals surface area contributed by atoms with Gasteiger partial charge in [0, 0.05) is 5.56 Å². The molecule has 1 N–H and O–H groups in total. The Balaban J connectivity index is 1.84. The number of ether oxygens (including phenoxy) is 1. The first kappa shape index (κ1) is 18.3. The molecule has 4 nitrogen and oxygen atoms in total. The summed E-state index contributed by atoms with van der Waals surface area (Å²) < 4.78 is 5.10. The van der Waals surface area contributed by atoms with Crippen molar-refractivity contribution in [3.8, 4) is 0 Å². The predicted octanol–water partition coefficient (Wildman–Crippen LogP) is 4.08. The third kappa shape index (κ3) is 5.25. The van der Waals surface area contributed by atoms with Crippen LogP contribution in [0.15, 0.2) is 36.4 Å². The summed E-state index contributed by atoms with van der Waals surface area (Å²) in [7, 11) is 0. The Morgan fingerprint density at radius 3 is 2.29 bits per heavy atom. The molecule has 2 aromatic carbocycles. The van der Waals surface area contributed by atoms with E-state index < -0.39 is 5.97 Å². The van der Waals surface area contributed by atoms with E-state index >= 15 is 0 Å². The van der Waals surface area contributed by atoms with Gasteiger partial charge in [0.15, 0.2) is 0 Å². The Morgan fingerprint density at radius 1 is 1.00 bits per heavy atom. The second-order valence-electron chi connectivity index (χ2n) is 5.47. The van der Waals surface area contributed by atoms with Crippen LogP contribution in [-0.2, 0) is 16.1 Å². The number of hydrogen-bond donors (Lipinski definition) is 1. The number of rotatable bonds is 5. The van der Waals surface area contributed by atoms with E-state index in [0.717, 1.165) is 16.7 Å². The molecule has 0 radical (unpaired) electrons. The fraction of sp³-hybridized carbons (Fsp3) is 0.222. The lowest BCUT2D eigenvalue weighted by molar-refractivity contribution is -0.143. The molecule has 2 rings (SSSR count). The Labute approximate surface area is 150 Å². The molecule has 0 bridgehead atoms. The molecule has 0 spiro atoms. The average Bonchev–Trinajstić information content (AvgIpc) is 2.52. The lowest BCUT2D eigenvalue weighted by Gasteiger charge is -2.08. The lowest BCUT2D eigenvalue weighted by Crippen LogP contribution is -2.30. The molecule has 0 atom stereocenters. The van der Waals surface area contributed by atoms with Crippen molar-refractivity contribution in [2.75, 3.05) is 6.54 Å². The van der Waals surface area contributed by atoms with Crippen molar-refractivity contribution < 1.29 is 14.3 Å². The molecule has 6 heteroatoms. The van der Waals surface area contributed by atoms with Gasteiger partial charge in [0.2, 0.25) is 0 Å². The second kappa shape index (κ2) is 8.18. The molecule has 2 aromatic rings. The van der Waals surface area contributed by atoms with E-state index in [2.05, 4.69) is 5.32 Å². The molecule has 1 amide bonds. The largest absolute Gasteiger partial charge is 0.460 e. The van der Waals surface area contributed by atoms with Gasteiger partial charge in [0.1, 0.15) is 13.2 Å². The highest BCUT2D eigenvalue weighted by molar-refractivity contribution is 6.42. The van der Waals surface area contributed by atoms with Gasteiger partial charge in [-0.3, -0.25) is 9.59 Å². The molecule has 0 heterocycles. The molecular formula is C18H17Cl2NO3. The molecule has 0 saturated carbocycles. The fourth-order valence-corrected chi connectivity index (χ4v) is 2.53. The van der Waals surface area contributed by atoms with Crippen LogP contribution in [0.5, 0.6) is 0 Å². The van der Waals surface area contributed by atoms with E-state index in [1.807, 2.05) is 19.9 Å². The third-order valence-electron chi connectivity index (χ3n) is 3.26. The molecule has 0 aliphatic carbocycles. The maximum Gasteiger partial charge on any atom is 0.325 e. The van der Waals surface area contributed by atoms with E-state index in [1.54, 1.807) is 30.3 Å². The first-order chi connectivity index (χ1) is 11.3. The minimum absolute atomic E-state index is 0.0646. The molecule has 0 aromatic heterocycles. The number of halogens is 2. The van der Waals surface area contributed by atoms with Crippen LogP contribution in [0.25, 0.3) is 0 Å². The number of esters is 1. The summed E-state index contributed by atoms with van der Waals surface area (Å²) in [6.45, 7) is 3.69. The zero-order chi connectivity index (χ0) is 17.7. The third-order valence-corrected chi connectivity index (χ3v) is 4.00. The van der Waals surface area contributed by atoms with E-state index in [4.69, 9.17) is 27.9 Å². The number of carbonyl (C=O) groups is 2. The Bertz CT molecular complexity index is 755. The molecule has 0 unspecified atom stereocenters. The molecule has 0 aliphatic rings. The van der Waals surface area contributed by atoms with Crippen molar-refractivity contribution in [3.05, 3.63) is 68.7 Å². The average molecular weight is 366 g/mol. The number of nitrogens with one attached hydrogen (secondary N) is 1. The van der Waals surface area contributed by atoms with Gasteiger partial charge >= 0.3 is 5.97 Å². The van der Waals surface area contributed by atoms with Gasteiger partial charge in [-0.2, -0.15) is 0 Å². The number of benzene rings is 2.